The Hall–Kier alpha value is -1.00. The molecule has 0 spiro atoms. The highest BCUT2D eigenvalue weighted by Crippen LogP contribution is 2.00. The molecule has 0 atom stereocenters. The zero-order valence-corrected chi connectivity index (χ0v) is 9.39. The van der Waals surface area contributed by atoms with Crippen LogP contribution in [0.2, 0.25) is 0 Å². The van der Waals surface area contributed by atoms with Crippen molar-refractivity contribution in [2.24, 2.45) is 5.73 Å². The number of nitrogens with zero attached hydrogens (tertiary/aromatic N) is 3. The molecule has 0 aliphatic rings. The van der Waals surface area contributed by atoms with Gasteiger partial charge in [0.05, 0.1) is 6.54 Å². The molecule has 84 valence electrons. The third-order valence-electron chi connectivity index (χ3n) is 2.26. The van der Waals surface area contributed by atoms with E-state index in [9.17, 15) is 0 Å². The standard InChI is InChI=1S/C11H20N4/c1-2-3-8-15(9-5-12)10-11-13-6-4-7-14-11/h4,6-7H,2-3,5,8-10,12H2,1H3. The van der Waals surface area contributed by atoms with Crippen LogP contribution in [-0.4, -0.2) is 34.5 Å². The van der Waals surface area contributed by atoms with Crippen LogP contribution in [-0.2, 0) is 6.54 Å². The zero-order valence-electron chi connectivity index (χ0n) is 9.39. The summed E-state index contributed by atoms with van der Waals surface area (Å²) in [5.41, 5.74) is 5.57. The second-order valence-corrected chi connectivity index (χ2v) is 3.58. The predicted molar refractivity (Wildman–Crippen MR) is 61.3 cm³/mol. The first-order valence-electron chi connectivity index (χ1n) is 5.55. The maximum atomic E-state index is 5.57. The monoisotopic (exact) mass is 208 g/mol. The van der Waals surface area contributed by atoms with Crippen LogP contribution in [0, 0.1) is 0 Å². The first-order chi connectivity index (χ1) is 7.36. The van der Waals surface area contributed by atoms with E-state index in [1.54, 1.807) is 12.4 Å². The van der Waals surface area contributed by atoms with Crippen molar-refractivity contribution in [3.05, 3.63) is 24.3 Å². The minimum absolute atomic E-state index is 0.691. The van der Waals surface area contributed by atoms with E-state index in [1.807, 2.05) is 6.07 Å². The van der Waals surface area contributed by atoms with E-state index in [4.69, 9.17) is 5.73 Å². The number of hydrogen-bond donors (Lipinski definition) is 1. The Bertz CT molecular complexity index is 250. The molecule has 0 unspecified atom stereocenters. The van der Waals surface area contributed by atoms with Gasteiger partial charge in [0, 0.05) is 25.5 Å². The Morgan fingerprint density at radius 3 is 2.60 bits per heavy atom. The molecule has 0 amide bonds. The van der Waals surface area contributed by atoms with Gasteiger partial charge in [0.15, 0.2) is 0 Å². The van der Waals surface area contributed by atoms with Gasteiger partial charge in [-0.05, 0) is 19.0 Å². The highest BCUT2D eigenvalue weighted by Gasteiger charge is 2.05. The lowest BCUT2D eigenvalue weighted by molar-refractivity contribution is 0.262. The summed E-state index contributed by atoms with van der Waals surface area (Å²) in [4.78, 5) is 10.7. The van der Waals surface area contributed by atoms with E-state index in [1.165, 1.54) is 12.8 Å². The molecule has 4 heteroatoms. The largest absolute Gasteiger partial charge is 0.329 e. The Morgan fingerprint density at radius 2 is 2.00 bits per heavy atom. The van der Waals surface area contributed by atoms with Gasteiger partial charge in [0.1, 0.15) is 5.82 Å². The molecule has 0 bridgehead atoms. The summed E-state index contributed by atoms with van der Waals surface area (Å²) in [6.45, 7) is 5.68. The molecule has 1 rings (SSSR count). The zero-order chi connectivity index (χ0) is 10.9. The van der Waals surface area contributed by atoms with Gasteiger partial charge in [-0.2, -0.15) is 0 Å². The van der Waals surface area contributed by atoms with Crippen molar-refractivity contribution in [3.63, 3.8) is 0 Å². The minimum atomic E-state index is 0.691. The van der Waals surface area contributed by atoms with E-state index < -0.39 is 0 Å². The Kier molecular flexibility index (Phi) is 5.88. The second kappa shape index (κ2) is 7.31. The summed E-state index contributed by atoms with van der Waals surface area (Å²) < 4.78 is 0. The quantitative estimate of drug-likeness (QED) is 0.727. The van der Waals surface area contributed by atoms with Gasteiger partial charge in [-0.15, -0.1) is 0 Å². The second-order valence-electron chi connectivity index (χ2n) is 3.58. The van der Waals surface area contributed by atoms with E-state index in [0.717, 1.165) is 25.5 Å². The molecule has 15 heavy (non-hydrogen) atoms. The summed E-state index contributed by atoms with van der Waals surface area (Å²) in [6, 6.07) is 1.84. The lowest BCUT2D eigenvalue weighted by Gasteiger charge is -2.19. The third-order valence-corrected chi connectivity index (χ3v) is 2.26. The molecular weight excluding hydrogens is 188 g/mol. The van der Waals surface area contributed by atoms with E-state index >= 15 is 0 Å². The summed E-state index contributed by atoms with van der Waals surface area (Å²) in [5, 5.41) is 0. The van der Waals surface area contributed by atoms with Crippen molar-refractivity contribution in [1.82, 2.24) is 14.9 Å². The molecule has 4 nitrogen and oxygen atoms in total. The van der Waals surface area contributed by atoms with Gasteiger partial charge < -0.3 is 5.73 Å². The highest BCUT2D eigenvalue weighted by molar-refractivity contribution is 4.88. The Balaban J connectivity index is 2.43. The molecule has 0 saturated heterocycles. The average molecular weight is 208 g/mol. The highest BCUT2D eigenvalue weighted by atomic mass is 15.1. The molecule has 0 saturated carbocycles. The summed E-state index contributed by atoms with van der Waals surface area (Å²) in [5.74, 6) is 0.877. The first-order valence-corrected chi connectivity index (χ1v) is 5.55. The van der Waals surface area contributed by atoms with Crippen molar-refractivity contribution >= 4 is 0 Å². The van der Waals surface area contributed by atoms with Crippen LogP contribution in [0.3, 0.4) is 0 Å². The average Bonchev–Trinajstić information content (AvgIpc) is 2.28. The van der Waals surface area contributed by atoms with Crippen LogP contribution in [0.25, 0.3) is 0 Å². The molecule has 2 N–H and O–H groups in total. The molecule has 0 aromatic carbocycles. The van der Waals surface area contributed by atoms with Crippen LogP contribution >= 0.6 is 0 Å². The Morgan fingerprint density at radius 1 is 1.27 bits per heavy atom. The maximum Gasteiger partial charge on any atom is 0.142 e. The van der Waals surface area contributed by atoms with Crippen LogP contribution in [0.1, 0.15) is 25.6 Å². The van der Waals surface area contributed by atoms with Gasteiger partial charge in [-0.3, -0.25) is 4.90 Å². The molecule has 0 radical (unpaired) electrons. The molecule has 0 fully saturated rings. The first kappa shape index (κ1) is 12.1. The van der Waals surface area contributed by atoms with Gasteiger partial charge >= 0.3 is 0 Å². The normalized spacial score (nSPS) is 10.9. The number of hydrogen-bond acceptors (Lipinski definition) is 4. The maximum absolute atomic E-state index is 5.57. The smallest absolute Gasteiger partial charge is 0.142 e. The minimum Gasteiger partial charge on any atom is -0.329 e. The van der Waals surface area contributed by atoms with E-state index in [0.29, 0.717) is 6.54 Å². The van der Waals surface area contributed by atoms with Crippen molar-refractivity contribution in [2.45, 2.75) is 26.3 Å². The van der Waals surface area contributed by atoms with Crippen LogP contribution < -0.4 is 5.73 Å². The SMILES string of the molecule is CCCCN(CCN)Cc1ncccn1. The number of rotatable bonds is 7. The van der Waals surface area contributed by atoms with Crippen molar-refractivity contribution in [2.75, 3.05) is 19.6 Å². The van der Waals surface area contributed by atoms with Crippen molar-refractivity contribution in [1.29, 1.82) is 0 Å². The summed E-state index contributed by atoms with van der Waals surface area (Å²) in [7, 11) is 0. The van der Waals surface area contributed by atoms with Crippen molar-refractivity contribution in [3.8, 4) is 0 Å². The van der Waals surface area contributed by atoms with Gasteiger partial charge in [0.2, 0.25) is 0 Å². The van der Waals surface area contributed by atoms with E-state index in [-0.39, 0.29) is 0 Å². The lowest BCUT2D eigenvalue weighted by Crippen LogP contribution is -2.30. The lowest BCUT2D eigenvalue weighted by atomic mass is 10.3. The number of aromatic nitrogens is 2. The van der Waals surface area contributed by atoms with Gasteiger partial charge in [0.25, 0.3) is 0 Å². The Labute approximate surface area is 91.5 Å². The van der Waals surface area contributed by atoms with Crippen LogP contribution in [0.4, 0.5) is 0 Å². The summed E-state index contributed by atoms with van der Waals surface area (Å²) >= 11 is 0. The van der Waals surface area contributed by atoms with Gasteiger partial charge in [-0.25, -0.2) is 9.97 Å². The fourth-order valence-electron chi connectivity index (χ4n) is 1.45. The molecule has 0 aliphatic carbocycles. The number of nitrogens with two attached hydrogens (primary N) is 1. The molecule has 0 aliphatic heterocycles. The fraction of sp³-hybridized carbons (Fsp3) is 0.636. The fourth-order valence-corrected chi connectivity index (χ4v) is 1.45. The third kappa shape index (κ3) is 4.85. The van der Waals surface area contributed by atoms with Crippen molar-refractivity contribution < 1.29 is 0 Å². The molecule has 1 aromatic rings. The number of unbranched alkanes of at least 4 members (excludes halogenated alkanes) is 1. The van der Waals surface area contributed by atoms with E-state index in [2.05, 4.69) is 21.8 Å². The van der Waals surface area contributed by atoms with Crippen LogP contribution in [0.5, 0.6) is 0 Å². The summed E-state index contributed by atoms with van der Waals surface area (Å²) in [6.07, 6.45) is 5.97. The molecule has 1 aromatic heterocycles. The topological polar surface area (TPSA) is 55.0 Å². The van der Waals surface area contributed by atoms with Crippen LogP contribution in [0.15, 0.2) is 18.5 Å². The van der Waals surface area contributed by atoms with Gasteiger partial charge in [-0.1, -0.05) is 13.3 Å². The molecule has 1 heterocycles. The molecular formula is C11H20N4. The predicted octanol–water partition coefficient (Wildman–Crippen LogP) is 1.04.